The average Bonchev–Trinajstić information content (AvgIpc) is 3.17. The van der Waals surface area contributed by atoms with Gasteiger partial charge in [0.1, 0.15) is 11.3 Å². The minimum atomic E-state index is -2.10. The number of hydrogen-bond acceptors (Lipinski definition) is 4. The first-order valence-corrected chi connectivity index (χ1v) is 5.60. The molecule has 100 valence electrons. The van der Waals surface area contributed by atoms with Crippen LogP contribution in [0.3, 0.4) is 0 Å². The first-order chi connectivity index (χ1) is 8.54. The van der Waals surface area contributed by atoms with Crippen LogP contribution in [0.2, 0.25) is 0 Å². The van der Waals surface area contributed by atoms with Gasteiger partial charge in [0, 0.05) is 5.92 Å². The van der Waals surface area contributed by atoms with E-state index in [0.29, 0.717) is 12.8 Å². The summed E-state index contributed by atoms with van der Waals surface area (Å²) in [6, 6.07) is 0. The monoisotopic (exact) mass is 260 g/mol. The lowest BCUT2D eigenvalue weighted by molar-refractivity contribution is -0.250. The molecule has 0 heterocycles. The zero-order chi connectivity index (χ0) is 13.3. The molecule has 4 nitrogen and oxygen atoms in total. The molecule has 0 aliphatic heterocycles. The molecule has 1 saturated carbocycles. The quantitative estimate of drug-likeness (QED) is 0.573. The van der Waals surface area contributed by atoms with Crippen molar-refractivity contribution in [3.8, 4) is 0 Å². The molecule has 0 aromatic carbocycles. The van der Waals surface area contributed by atoms with E-state index in [4.69, 9.17) is 4.74 Å². The zero-order valence-corrected chi connectivity index (χ0v) is 10.1. The van der Waals surface area contributed by atoms with Crippen LogP contribution in [0.15, 0.2) is 23.5 Å². The van der Waals surface area contributed by atoms with Gasteiger partial charge >= 0.3 is 5.97 Å². The van der Waals surface area contributed by atoms with Gasteiger partial charge in [0.25, 0.3) is 0 Å². The highest BCUT2D eigenvalue weighted by Gasteiger charge is 2.54. The molecule has 2 aliphatic rings. The molecule has 18 heavy (non-hydrogen) atoms. The second-order valence-electron chi connectivity index (χ2n) is 4.32. The Balaban J connectivity index is 2.30. The van der Waals surface area contributed by atoms with E-state index in [9.17, 15) is 13.6 Å². The number of ether oxygens (including phenoxy) is 1. The molecule has 0 saturated heterocycles. The maximum atomic E-state index is 14.5. The van der Waals surface area contributed by atoms with Gasteiger partial charge in [-0.15, -0.1) is 0 Å². The third-order valence-corrected chi connectivity index (χ3v) is 3.19. The van der Waals surface area contributed by atoms with Gasteiger partial charge in [-0.25, -0.2) is 13.6 Å². The van der Waals surface area contributed by atoms with Crippen molar-refractivity contribution in [1.29, 1.82) is 0 Å². The molecule has 0 aromatic heterocycles. The Hall–Kier alpha value is -1.43. The molecule has 2 atom stereocenters. The first-order valence-electron chi connectivity index (χ1n) is 5.60. The topological polar surface area (TPSA) is 44.8 Å². The predicted molar refractivity (Wildman–Crippen MR) is 57.7 cm³/mol. The van der Waals surface area contributed by atoms with E-state index >= 15 is 0 Å². The van der Waals surface area contributed by atoms with Gasteiger partial charge < -0.3 is 4.74 Å². The summed E-state index contributed by atoms with van der Waals surface area (Å²) in [5.74, 6) is -1.62. The summed E-state index contributed by atoms with van der Waals surface area (Å²) >= 11 is 0. The van der Waals surface area contributed by atoms with E-state index in [1.54, 1.807) is 0 Å². The first kappa shape index (κ1) is 13.0. The molecule has 2 unspecified atom stereocenters. The summed E-state index contributed by atoms with van der Waals surface area (Å²) in [7, 11) is 2.34. The van der Waals surface area contributed by atoms with E-state index < -0.39 is 17.8 Å². The van der Waals surface area contributed by atoms with Crippen LogP contribution in [0.25, 0.3) is 0 Å². The summed E-state index contributed by atoms with van der Waals surface area (Å²) in [5.41, 5.74) is -2.26. The Bertz CT molecular complexity index is 414. The van der Waals surface area contributed by atoms with E-state index in [0.717, 1.165) is 13.2 Å². The minimum absolute atomic E-state index is 0.166. The van der Waals surface area contributed by atoms with E-state index in [-0.39, 0.29) is 17.3 Å². The number of carbonyl (C=O) groups excluding carboxylic acids is 1. The number of methoxy groups -OCH3 is 1. The van der Waals surface area contributed by atoms with Crippen LogP contribution in [-0.2, 0) is 19.3 Å². The molecular weight excluding hydrogens is 246 g/mol. The van der Waals surface area contributed by atoms with Crippen LogP contribution in [0.4, 0.5) is 8.78 Å². The van der Waals surface area contributed by atoms with E-state index in [1.807, 2.05) is 0 Å². The van der Waals surface area contributed by atoms with Gasteiger partial charge in [-0.1, -0.05) is 0 Å². The van der Waals surface area contributed by atoms with Crippen molar-refractivity contribution >= 4 is 5.97 Å². The van der Waals surface area contributed by atoms with Crippen LogP contribution in [0, 0.1) is 5.92 Å². The normalized spacial score (nSPS) is 31.4. The Kier molecular flexibility index (Phi) is 3.38. The summed E-state index contributed by atoms with van der Waals surface area (Å²) in [6.07, 6.45) is 1.53. The zero-order valence-electron chi connectivity index (χ0n) is 10.1. The van der Waals surface area contributed by atoms with E-state index in [1.165, 1.54) is 13.2 Å². The van der Waals surface area contributed by atoms with Crippen molar-refractivity contribution in [1.82, 2.24) is 0 Å². The smallest absolute Gasteiger partial charge is 0.376 e. The molecule has 0 amide bonds. The summed E-state index contributed by atoms with van der Waals surface area (Å²) in [5, 5.41) is 0. The maximum absolute atomic E-state index is 14.5. The lowest BCUT2D eigenvalue weighted by atomic mass is 9.86. The van der Waals surface area contributed by atoms with Gasteiger partial charge in [-0.2, -0.15) is 4.89 Å². The fraction of sp³-hybridized carbons (Fsp3) is 0.583. The highest BCUT2D eigenvalue weighted by Crippen LogP contribution is 2.49. The van der Waals surface area contributed by atoms with Crippen molar-refractivity contribution in [2.75, 3.05) is 14.2 Å². The van der Waals surface area contributed by atoms with Crippen molar-refractivity contribution in [3.05, 3.63) is 23.5 Å². The van der Waals surface area contributed by atoms with Gasteiger partial charge in [0.05, 0.1) is 14.2 Å². The molecule has 0 spiro atoms. The molecule has 0 N–H and O–H groups in total. The average molecular weight is 260 g/mol. The second kappa shape index (κ2) is 4.68. The Morgan fingerprint density at radius 1 is 1.44 bits per heavy atom. The molecule has 0 radical (unpaired) electrons. The van der Waals surface area contributed by atoms with Crippen LogP contribution in [0.1, 0.15) is 12.8 Å². The summed E-state index contributed by atoms with van der Waals surface area (Å²) in [4.78, 5) is 20.0. The third kappa shape index (κ3) is 2.01. The van der Waals surface area contributed by atoms with Gasteiger partial charge in [0.2, 0.25) is 0 Å². The Morgan fingerprint density at radius 2 is 2.11 bits per heavy atom. The number of rotatable bonds is 4. The number of halogens is 2. The minimum Gasteiger partial charge on any atom is -0.497 e. The Labute approximate surface area is 103 Å². The number of allylic oxidation sites excluding steroid dienone is 2. The molecule has 2 rings (SSSR count). The molecule has 6 heteroatoms. The molecule has 0 bridgehead atoms. The van der Waals surface area contributed by atoms with Gasteiger partial charge in [-0.3, -0.25) is 4.89 Å². The molecular formula is C12H14F2O4. The van der Waals surface area contributed by atoms with Crippen LogP contribution in [-0.4, -0.2) is 32.0 Å². The van der Waals surface area contributed by atoms with Crippen LogP contribution < -0.4 is 0 Å². The fourth-order valence-electron chi connectivity index (χ4n) is 2.09. The van der Waals surface area contributed by atoms with Gasteiger partial charge in [-0.05, 0) is 25.0 Å². The third-order valence-electron chi connectivity index (χ3n) is 3.19. The standard InChI is InChI=1S/C12H14F2O4/c1-16-9-8(11(15)18-17-2)5-6-12(14,10(9)13)7-3-4-7/h5-7,10H,3-4H2,1-2H3. The highest BCUT2D eigenvalue weighted by molar-refractivity contribution is 5.92. The highest BCUT2D eigenvalue weighted by atomic mass is 19.2. The van der Waals surface area contributed by atoms with Crippen molar-refractivity contribution < 1.29 is 28.1 Å². The molecule has 2 aliphatic carbocycles. The van der Waals surface area contributed by atoms with Gasteiger partial charge in [0.15, 0.2) is 11.8 Å². The summed E-state index contributed by atoms with van der Waals surface area (Å²) < 4.78 is 33.4. The largest absolute Gasteiger partial charge is 0.497 e. The van der Waals surface area contributed by atoms with Crippen molar-refractivity contribution in [2.45, 2.75) is 24.7 Å². The maximum Gasteiger partial charge on any atom is 0.376 e. The molecule has 1 fully saturated rings. The molecule has 0 aromatic rings. The number of carbonyl (C=O) groups is 1. The van der Waals surface area contributed by atoms with Crippen LogP contribution in [0.5, 0.6) is 0 Å². The number of hydrogen-bond donors (Lipinski definition) is 0. The van der Waals surface area contributed by atoms with Crippen molar-refractivity contribution in [2.24, 2.45) is 5.92 Å². The lowest BCUT2D eigenvalue weighted by Gasteiger charge is -2.30. The SMILES string of the molecule is COOC(=O)C1=C(OC)C(F)C(F)(C2CC2)C=C1. The number of alkyl halides is 2. The summed E-state index contributed by atoms with van der Waals surface area (Å²) in [6.45, 7) is 0. The fourth-order valence-corrected chi connectivity index (χ4v) is 2.09. The predicted octanol–water partition coefficient (Wildman–Crippen LogP) is 2.02. The Morgan fingerprint density at radius 3 is 2.61 bits per heavy atom. The van der Waals surface area contributed by atoms with Crippen LogP contribution >= 0.6 is 0 Å². The second-order valence-corrected chi connectivity index (χ2v) is 4.32. The van der Waals surface area contributed by atoms with E-state index in [2.05, 4.69) is 9.78 Å². The van der Waals surface area contributed by atoms with Crippen molar-refractivity contribution in [3.63, 3.8) is 0 Å². The lowest BCUT2D eigenvalue weighted by Crippen LogP contribution is -2.40.